The van der Waals surface area contributed by atoms with Crippen LogP contribution < -0.4 is 0 Å². The van der Waals surface area contributed by atoms with Crippen LogP contribution in [0.15, 0.2) is 12.2 Å². The zero-order valence-corrected chi connectivity index (χ0v) is 8.33. The smallest absolute Gasteiger partial charge is 0.335 e. The summed E-state index contributed by atoms with van der Waals surface area (Å²) in [6.45, 7) is 6.00. The highest BCUT2D eigenvalue weighted by molar-refractivity contribution is 5.87. The quantitative estimate of drug-likeness (QED) is 0.456. The van der Waals surface area contributed by atoms with Gasteiger partial charge in [0.25, 0.3) is 0 Å². The molecule has 0 aliphatic rings. The Morgan fingerprint density at radius 3 is 2.54 bits per heavy atom. The van der Waals surface area contributed by atoms with Crippen LogP contribution >= 0.6 is 0 Å². The van der Waals surface area contributed by atoms with Crippen molar-refractivity contribution in [2.24, 2.45) is 0 Å². The largest absolute Gasteiger partial charge is 0.466 e. The molecule has 0 amide bonds. The summed E-state index contributed by atoms with van der Waals surface area (Å²) in [7, 11) is 2.91. The molecule has 0 bridgehead atoms. The SMILES string of the molecule is C=C(COCC(C)OC)C(=O)OC. The highest BCUT2D eigenvalue weighted by atomic mass is 16.5. The van der Waals surface area contributed by atoms with Crippen molar-refractivity contribution in [3.8, 4) is 0 Å². The first-order chi connectivity index (χ1) is 6.11. The van der Waals surface area contributed by atoms with E-state index in [1.54, 1.807) is 7.11 Å². The summed E-state index contributed by atoms with van der Waals surface area (Å²) >= 11 is 0. The maximum atomic E-state index is 10.8. The summed E-state index contributed by atoms with van der Waals surface area (Å²) in [5.74, 6) is -0.440. The van der Waals surface area contributed by atoms with Gasteiger partial charge in [-0.2, -0.15) is 0 Å². The fraction of sp³-hybridized carbons (Fsp3) is 0.667. The van der Waals surface area contributed by atoms with Gasteiger partial charge in [-0.05, 0) is 6.92 Å². The van der Waals surface area contributed by atoms with Crippen LogP contribution in [0, 0.1) is 0 Å². The second kappa shape index (κ2) is 6.62. The Morgan fingerprint density at radius 2 is 2.08 bits per heavy atom. The molecule has 0 aliphatic carbocycles. The van der Waals surface area contributed by atoms with E-state index >= 15 is 0 Å². The molecular formula is C9H16O4. The second-order valence-electron chi connectivity index (χ2n) is 2.66. The third-order valence-corrected chi connectivity index (χ3v) is 1.51. The molecule has 4 heteroatoms. The molecule has 0 heterocycles. The van der Waals surface area contributed by atoms with Crippen LogP contribution in [0.3, 0.4) is 0 Å². The van der Waals surface area contributed by atoms with E-state index in [1.165, 1.54) is 7.11 Å². The maximum absolute atomic E-state index is 10.8. The zero-order chi connectivity index (χ0) is 10.3. The lowest BCUT2D eigenvalue weighted by Gasteiger charge is -2.10. The Kier molecular flexibility index (Phi) is 6.18. The van der Waals surface area contributed by atoms with Crippen LogP contribution in [-0.2, 0) is 19.0 Å². The van der Waals surface area contributed by atoms with Crippen LogP contribution in [-0.4, -0.2) is 39.5 Å². The van der Waals surface area contributed by atoms with Crippen molar-refractivity contribution in [3.63, 3.8) is 0 Å². The molecule has 0 rings (SSSR count). The van der Waals surface area contributed by atoms with E-state index in [0.29, 0.717) is 12.2 Å². The fourth-order valence-corrected chi connectivity index (χ4v) is 0.619. The van der Waals surface area contributed by atoms with E-state index < -0.39 is 5.97 Å². The van der Waals surface area contributed by atoms with Gasteiger partial charge in [-0.1, -0.05) is 6.58 Å². The van der Waals surface area contributed by atoms with Crippen molar-refractivity contribution in [2.45, 2.75) is 13.0 Å². The van der Waals surface area contributed by atoms with E-state index in [2.05, 4.69) is 11.3 Å². The molecule has 0 spiro atoms. The van der Waals surface area contributed by atoms with Crippen LogP contribution in [0.2, 0.25) is 0 Å². The van der Waals surface area contributed by atoms with Crippen molar-refractivity contribution in [1.29, 1.82) is 0 Å². The standard InChI is InChI=1S/C9H16O4/c1-7(9(10)12-4)5-13-6-8(2)11-3/h8H,1,5-6H2,2-4H3. The number of carbonyl (C=O) groups excluding carboxylic acids is 1. The summed E-state index contributed by atoms with van der Waals surface area (Å²) < 4.78 is 14.5. The molecule has 0 radical (unpaired) electrons. The second-order valence-corrected chi connectivity index (χ2v) is 2.66. The highest BCUT2D eigenvalue weighted by Crippen LogP contribution is 1.96. The highest BCUT2D eigenvalue weighted by Gasteiger charge is 2.07. The van der Waals surface area contributed by atoms with Gasteiger partial charge in [-0.3, -0.25) is 0 Å². The lowest BCUT2D eigenvalue weighted by Crippen LogP contribution is -2.17. The minimum absolute atomic E-state index is 0.0189. The summed E-state index contributed by atoms with van der Waals surface area (Å²) in [4.78, 5) is 10.8. The Balaban J connectivity index is 3.53. The average Bonchev–Trinajstić information content (AvgIpc) is 2.15. The number of hydrogen-bond acceptors (Lipinski definition) is 4. The lowest BCUT2D eigenvalue weighted by atomic mass is 10.3. The Morgan fingerprint density at radius 1 is 1.46 bits per heavy atom. The van der Waals surface area contributed by atoms with Gasteiger partial charge in [-0.15, -0.1) is 0 Å². The predicted molar refractivity (Wildman–Crippen MR) is 48.4 cm³/mol. The minimum Gasteiger partial charge on any atom is -0.466 e. The van der Waals surface area contributed by atoms with Gasteiger partial charge >= 0.3 is 5.97 Å². The van der Waals surface area contributed by atoms with Crippen LogP contribution in [0.25, 0.3) is 0 Å². The van der Waals surface area contributed by atoms with Gasteiger partial charge in [0.05, 0.1) is 32.0 Å². The fourth-order valence-electron chi connectivity index (χ4n) is 0.619. The molecule has 1 atom stereocenters. The Labute approximate surface area is 78.5 Å². The van der Waals surface area contributed by atoms with Crippen molar-refractivity contribution in [3.05, 3.63) is 12.2 Å². The number of methoxy groups -OCH3 is 2. The van der Waals surface area contributed by atoms with Crippen molar-refractivity contribution >= 4 is 5.97 Å². The zero-order valence-electron chi connectivity index (χ0n) is 8.33. The molecule has 0 aliphatic heterocycles. The molecule has 0 N–H and O–H groups in total. The molecule has 76 valence electrons. The summed E-state index contributed by atoms with van der Waals surface area (Å²) in [6.07, 6.45) is 0.0189. The predicted octanol–water partition coefficient (Wildman–Crippen LogP) is 0.767. The van der Waals surface area contributed by atoms with Gasteiger partial charge < -0.3 is 14.2 Å². The number of carbonyl (C=O) groups is 1. The molecule has 4 nitrogen and oxygen atoms in total. The van der Waals surface area contributed by atoms with Crippen LogP contribution in [0.4, 0.5) is 0 Å². The Bertz CT molecular complexity index is 176. The molecule has 0 saturated carbocycles. The molecule has 1 unspecified atom stereocenters. The van der Waals surface area contributed by atoms with Crippen molar-refractivity contribution in [1.82, 2.24) is 0 Å². The summed E-state index contributed by atoms with van der Waals surface area (Å²) in [6, 6.07) is 0. The molecular weight excluding hydrogens is 172 g/mol. The summed E-state index contributed by atoms with van der Waals surface area (Å²) in [5, 5.41) is 0. The molecule has 0 aromatic rings. The van der Waals surface area contributed by atoms with E-state index in [4.69, 9.17) is 9.47 Å². The van der Waals surface area contributed by atoms with Gasteiger partial charge in [-0.25, -0.2) is 4.79 Å². The topological polar surface area (TPSA) is 44.8 Å². The third-order valence-electron chi connectivity index (χ3n) is 1.51. The summed E-state index contributed by atoms with van der Waals surface area (Å²) in [5.41, 5.74) is 0.311. The third kappa shape index (κ3) is 5.38. The first-order valence-electron chi connectivity index (χ1n) is 3.98. The lowest BCUT2D eigenvalue weighted by molar-refractivity contribution is -0.136. The minimum atomic E-state index is -0.440. The number of hydrogen-bond donors (Lipinski definition) is 0. The van der Waals surface area contributed by atoms with E-state index in [0.717, 1.165) is 0 Å². The number of rotatable bonds is 6. The Hall–Kier alpha value is -0.870. The van der Waals surface area contributed by atoms with Gasteiger partial charge in [0, 0.05) is 7.11 Å². The first-order valence-corrected chi connectivity index (χ1v) is 3.98. The van der Waals surface area contributed by atoms with Crippen molar-refractivity contribution < 1.29 is 19.0 Å². The molecule has 0 fully saturated rings. The molecule has 0 aromatic carbocycles. The van der Waals surface area contributed by atoms with Gasteiger partial charge in [0.2, 0.25) is 0 Å². The van der Waals surface area contributed by atoms with Crippen LogP contribution in [0.5, 0.6) is 0 Å². The molecule has 0 aromatic heterocycles. The number of ether oxygens (including phenoxy) is 3. The van der Waals surface area contributed by atoms with Gasteiger partial charge in [0.15, 0.2) is 0 Å². The van der Waals surface area contributed by atoms with Gasteiger partial charge in [0.1, 0.15) is 0 Å². The van der Waals surface area contributed by atoms with E-state index in [1.807, 2.05) is 6.92 Å². The maximum Gasteiger partial charge on any atom is 0.335 e. The van der Waals surface area contributed by atoms with E-state index in [9.17, 15) is 4.79 Å². The normalized spacial score (nSPS) is 12.2. The van der Waals surface area contributed by atoms with E-state index in [-0.39, 0.29) is 12.7 Å². The molecule has 0 saturated heterocycles. The first kappa shape index (κ1) is 12.1. The monoisotopic (exact) mass is 188 g/mol. The number of esters is 1. The van der Waals surface area contributed by atoms with Crippen molar-refractivity contribution in [2.75, 3.05) is 27.4 Å². The molecule has 13 heavy (non-hydrogen) atoms. The average molecular weight is 188 g/mol. The van der Waals surface area contributed by atoms with Crippen LogP contribution in [0.1, 0.15) is 6.92 Å².